The lowest BCUT2D eigenvalue weighted by molar-refractivity contribution is 0.292. The van der Waals surface area contributed by atoms with E-state index in [9.17, 15) is 0 Å². The van der Waals surface area contributed by atoms with Crippen molar-refractivity contribution in [3.63, 3.8) is 0 Å². The maximum Gasteiger partial charge on any atom is 0.0807 e. The van der Waals surface area contributed by atoms with Gasteiger partial charge in [-0.25, -0.2) is 0 Å². The monoisotopic (exact) mass is 259 g/mol. The summed E-state index contributed by atoms with van der Waals surface area (Å²) < 4.78 is 0. The number of benzene rings is 2. The fourth-order valence-corrected chi connectivity index (χ4v) is 2.05. The first kappa shape index (κ1) is 13.8. The first-order valence-electron chi connectivity index (χ1n) is 6.56. The lowest BCUT2D eigenvalue weighted by atomic mass is 10.0. The van der Waals surface area contributed by atoms with E-state index >= 15 is 0 Å². The highest BCUT2D eigenvalue weighted by Crippen LogP contribution is 2.22. The second kappa shape index (κ2) is 6.52. The molecule has 5 N–H and O–H groups in total. The third-order valence-electron chi connectivity index (χ3n) is 3.20. The van der Waals surface area contributed by atoms with E-state index in [1.54, 1.807) is 0 Å². The number of fused-ring (bicyclic) bond motifs is 1. The van der Waals surface area contributed by atoms with E-state index < -0.39 is 0 Å². The van der Waals surface area contributed by atoms with Gasteiger partial charge in [0, 0.05) is 18.8 Å². The zero-order valence-electron chi connectivity index (χ0n) is 11.2. The SMILES string of the molecule is CNC(N)c1ccc2cc(NCCCO)ccc2c1. The number of aliphatic hydroxyl groups is 1. The molecule has 0 amide bonds. The first-order chi connectivity index (χ1) is 9.24. The van der Waals surface area contributed by atoms with Crippen LogP contribution in [0, 0.1) is 0 Å². The molecule has 102 valence electrons. The van der Waals surface area contributed by atoms with Crippen LogP contribution in [0.2, 0.25) is 0 Å². The molecule has 2 rings (SSSR count). The molecular formula is C15H21N3O. The highest BCUT2D eigenvalue weighted by Gasteiger charge is 2.04. The molecule has 0 aliphatic heterocycles. The Balaban J connectivity index is 2.20. The molecule has 4 heteroatoms. The smallest absolute Gasteiger partial charge is 0.0807 e. The number of nitrogens with two attached hydrogens (primary N) is 1. The van der Waals surface area contributed by atoms with Crippen LogP contribution in [0.15, 0.2) is 36.4 Å². The zero-order chi connectivity index (χ0) is 13.7. The van der Waals surface area contributed by atoms with Gasteiger partial charge in [-0.2, -0.15) is 0 Å². The largest absolute Gasteiger partial charge is 0.396 e. The minimum absolute atomic E-state index is 0.133. The van der Waals surface area contributed by atoms with Crippen molar-refractivity contribution < 1.29 is 5.11 Å². The van der Waals surface area contributed by atoms with E-state index in [4.69, 9.17) is 10.8 Å². The number of rotatable bonds is 6. The average molecular weight is 259 g/mol. The van der Waals surface area contributed by atoms with Crippen molar-refractivity contribution in [2.24, 2.45) is 5.73 Å². The third kappa shape index (κ3) is 3.44. The van der Waals surface area contributed by atoms with Crippen LogP contribution >= 0.6 is 0 Å². The van der Waals surface area contributed by atoms with Crippen molar-refractivity contribution in [1.29, 1.82) is 0 Å². The molecule has 0 spiro atoms. The van der Waals surface area contributed by atoms with Gasteiger partial charge in [0.25, 0.3) is 0 Å². The van der Waals surface area contributed by atoms with Crippen molar-refractivity contribution in [2.45, 2.75) is 12.6 Å². The molecule has 0 heterocycles. The molecule has 0 aliphatic carbocycles. The predicted octanol–water partition coefficient (Wildman–Crippen LogP) is 1.81. The Morgan fingerprint density at radius 1 is 1.16 bits per heavy atom. The highest BCUT2D eigenvalue weighted by atomic mass is 16.3. The summed E-state index contributed by atoms with van der Waals surface area (Å²) in [5.41, 5.74) is 8.10. The van der Waals surface area contributed by atoms with Gasteiger partial charge in [-0.3, -0.25) is 0 Å². The van der Waals surface area contributed by atoms with Gasteiger partial charge in [0.05, 0.1) is 6.17 Å². The summed E-state index contributed by atoms with van der Waals surface area (Å²) >= 11 is 0. The maximum atomic E-state index is 8.76. The van der Waals surface area contributed by atoms with Crippen molar-refractivity contribution in [3.05, 3.63) is 42.0 Å². The number of aliphatic hydroxyl groups excluding tert-OH is 1. The van der Waals surface area contributed by atoms with E-state index in [1.807, 2.05) is 19.2 Å². The first-order valence-corrected chi connectivity index (χ1v) is 6.56. The number of hydrogen-bond donors (Lipinski definition) is 4. The molecule has 4 nitrogen and oxygen atoms in total. The van der Waals surface area contributed by atoms with Gasteiger partial charge >= 0.3 is 0 Å². The summed E-state index contributed by atoms with van der Waals surface area (Å²) in [5, 5.41) is 17.4. The lowest BCUT2D eigenvalue weighted by Gasteiger charge is -2.12. The summed E-state index contributed by atoms with van der Waals surface area (Å²) in [7, 11) is 1.85. The molecule has 2 aromatic carbocycles. The van der Waals surface area contributed by atoms with Crippen molar-refractivity contribution in [2.75, 3.05) is 25.5 Å². The molecule has 0 aromatic heterocycles. The standard InChI is InChI=1S/C15H21N3O/c1-17-15(16)13-4-3-12-10-14(18-7-2-8-19)6-5-11(12)9-13/h3-6,9-10,15,17-19H,2,7-8,16H2,1H3. The second-order valence-electron chi connectivity index (χ2n) is 4.59. The van der Waals surface area contributed by atoms with Gasteiger partial charge in [0.2, 0.25) is 0 Å². The second-order valence-corrected chi connectivity index (χ2v) is 4.59. The van der Waals surface area contributed by atoms with Crippen LogP contribution in [0.4, 0.5) is 5.69 Å². The lowest BCUT2D eigenvalue weighted by Crippen LogP contribution is -2.24. The van der Waals surface area contributed by atoms with E-state index in [0.29, 0.717) is 0 Å². The number of nitrogens with one attached hydrogen (secondary N) is 2. The summed E-state index contributed by atoms with van der Waals surface area (Å²) in [6, 6.07) is 12.5. The number of hydrogen-bond acceptors (Lipinski definition) is 4. The minimum atomic E-state index is -0.133. The molecule has 0 saturated heterocycles. The fraction of sp³-hybridized carbons (Fsp3) is 0.333. The summed E-state index contributed by atoms with van der Waals surface area (Å²) in [5.74, 6) is 0. The molecule has 0 fully saturated rings. The molecule has 1 unspecified atom stereocenters. The van der Waals surface area contributed by atoms with Crippen LogP contribution in [-0.2, 0) is 0 Å². The normalized spacial score (nSPS) is 12.6. The minimum Gasteiger partial charge on any atom is -0.396 e. The van der Waals surface area contributed by atoms with Crippen molar-refractivity contribution >= 4 is 16.5 Å². The van der Waals surface area contributed by atoms with Gasteiger partial charge < -0.3 is 21.5 Å². The van der Waals surface area contributed by atoms with E-state index in [-0.39, 0.29) is 12.8 Å². The maximum absolute atomic E-state index is 8.76. The molecule has 19 heavy (non-hydrogen) atoms. The average Bonchev–Trinajstić information content (AvgIpc) is 2.46. The molecule has 1 atom stereocenters. The zero-order valence-corrected chi connectivity index (χ0v) is 11.2. The molecule has 0 saturated carbocycles. The summed E-state index contributed by atoms with van der Waals surface area (Å²) in [6.07, 6.45) is 0.625. The van der Waals surface area contributed by atoms with Crippen LogP contribution < -0.4 is 16.4 Å². The Bertz CT molecular complexity index is 542. The fourth-order valence-electron chi connectivity index (χ4n) is 2.05. The van der Waals surface area contributed by atoms with Crippen LogP contribution in [0.1, 0.15) is 18.2 Å². The Morgan fingerprint density at radius 2 is 1.89 bits per heavy atom. The van der Waals surface area contributed by atoms with Crippen LogP contribution in [0.3, 0.4) is 0 Å². The van der Waals surface area contributed by atoms with E-state index in [0.717, 1.165) is 24.2 Å². The molecule has 0 aliphatic rings. The van der Waals surface area contributed by atoms with E-state index in [1.165, 1.54) is 10.8 Å². The molecule has 0 radical (unpaired) electrons. The topological polar surface area (TPSA) is 70.3 Å². The van der Waals surface area contributed by atoms with Crippen LogP contribution in [-0.4, -0.2) is 25.3 Å². The quantitative estimate of drug-likeness (QED) is 0.472. The Morgan fingerprint density at radius 3 is 2.63 bits per heavy atom. The Labute approximate surface area is 113 Å². The van der Waals surface area contributed by atoms with Crippen molar-refractivity contribution in [1.82, 2.24) is 5.32 Å². The number of anilines is 1. The van der Waals surface area contributed by atoms with Crippen LogP contribution in [0.5, 0.6) is 0 Å². The van der Waals surface area contributed by atoms with Gasteiger partial charge in [0.15, 0.2) is 0 Å². The Kier molecular flexibility index (Phi) is 4.74. The van der Waals surface area contributed by atoms with Gasteiger partial charge in [-0.15, -0.1) is 0 Å². The summed E-state index contributed by atoms with van der Waals surface area (Å²) in [6.45, 7) is 0.997. The van der Waals surface area contributed by atoms with Gasteiger partial charge in [-0.05, 0) is 48.0 Å². The third-order valence-corrected chi connectivity index (χ3v) is 3.20. The molecule has 2 aromatic rings. The predicted molar refractivity (Wildman–Crippen MR) is 80.1 cm³/mol. The molecule has 0 bridgehead atoms. The van der Waals surface area contributed by atoms with Crippen LogP contribution in [0.25, 0.3) is 10.8 Å². The van der Waals surface area contributed by atoms with Gasteiger partial charge in [-0.1, -0.05) is 18.2 Å². The van der Waals surface area contributed by atoms with Gasteiger partial charge in [0.1, 0.15) is 0 Å². The molecular weight excluding hydrogens is 238 g/mol. The van der Waals surface area contributed by atoms with Crippen molar-refractivity contribution in [3.8, 4) is 0 Å². The highest BCUT2D eigenvalue weighted by molar-refractivity contribution is 5.86. The summed E-state index contributed by atoms with van der Waals surface area (Å²) in [4.78, 5) is 0. The Hall–Kier alpha value is -1.62. The van der Waals surface area contributed by atoms with E-state index in [2.05, 4.69) is 34.9 Å².